The summed E-state index contributed by atoms with van der Waals surface area (Å²) in [6.07, 6.45) is -3.85. The van der Waals surface area contributed by atoms with Crippen LogP contribution in [0.5, 0.6) is 5.75 Å². The van der Waals surface area contributed by atoms with Crippen LogP contribution in [-0.2, 0) is 17.1 Å². The number of nitrogens with one attached hydrogen (secondary N) is 1. The monoisotopic (exact) mass is 459 g/mol. The van der Waals surface area contributed by atoms with Gasteiger partial charge < -0.3 is 9.30 Å². The van der Waals surface area contributed by atoms with Gasteiger partial charge in [-0.2, -0.15) is 0 Å². The predicted octanol–water partition coefficient (Wildman–Crippen LogP) is 3.76. The van der Waals surface area contributed by atoms with E-state index < -0.39 is 32.9 Å². The second-order valence-corrected chi connectivity index (χ2v) is 8.03. The van der Waals surface area contributed by atoms with E-state index in [1.54, 1.807) is 36.0 Å². The van der Waals surface area contributed by atoms with Crippen molar-refractivity contribution >= 4 is 27.5 Å². The number of hydrogen-bond donors (Lipinski definition) is 1. The first kappa shape index (κ1) is 21.7. The van der Waals surface area contributed by atoms with Crippen molar-refractivity contribution in [3.8, 4) is 17.1 Å². The van der Waals surface area contributed by atoms with Crippen molar-refractivity contribution in [3.63, 3.8) is 0 Å². The van der Waals surface area contributed by atoms with Crippen LogP contribution in [0.25, 0.3) is 11.4 Å². The Morgan fingerprint density at radius 2 is 1.77 bits per heavy atom. The normalized spacial score (nSPS) is 11.9. The molecule has 0 aliphatic heterocycles. The molecule has 2 aromatic carbocycles. The van der Waals surface area contributed by atoms with Crippen molar-refractivity contribution < 1.29 is 31.1 Å². The van der Waals surface area contributed by atoms with Gasteiger partial charge in [-0.15, -0.1) is 13.2 Å². The highest BCUT2D eigenvalue weighted by Gasteiger charge is 2.34. The second-order valence-electron chi connectivity index (χ2n) is 5.97. The molecule has 0 fully saturated rings. The molecular formula is C18H13ClF3N3O4S. The molecule has 0 saturated carbocycles. The minimum atomic E-state index is -5.11. The SMILES string of the molecule is Cn1cc(C(=O)NS(=O)(=O)c2ccccc2OC(F)(F)F)nc1-c1ccccc1Cl. The van der Waals surface area contributed by atoms with Crippen LogP contribution in [0.2, 0.25) is 5.02 Å². The van der Waals surface area contributed by atoms with Gasteiger partial charge in [-0.25, -0.2) is 18.1 Å². The Labute approximate surface area is 174 Å². The molecule has 1 amide bonds. The van der Waals surface area contributed by atoms with E-state index in [4.69, 9.17) is 11.6 Å². The predicted molar refractivity (Wildman–Crippen MR) is 101 cm³/mol. The Kier molecular flexibility index (Phi) is 5.77. The summed E-state index contributed by atoms with van der Waals surface area (Å²) in [6, 6.07) is 10.7. The summed E-state index contributed by atoms with van der Waals surface area (Å²) in [4.78, 5) is 15.7. The van der Waals surface area contributed by atoms with Crippen LogP contribution in [0.1, 0.15) is 10.5 Å². The molecule has 0 unspecified atom stereocenters. The van der Waals surface area contributed by atoms with Crippen molar-refractivity contribution in [2.75, 3.05) is 0 Å². The van der Waals surface area contributed by atoms with Crippen LogP contribution < -0.4 is 9.46 Å². The van der Waals surface area contributed by atoms with E-state index in [2.05, 4.69) is 9.72 Å². The molecule has 0 aliphatic carbocycles. The lowest BCUT2D eigenvalue weighted by Crippen LogP contribution is -2.31. The fraction of sp³-hybridized carbons (Fsp3) is 0.111. The molecule has 3 rings (SSSR count). The molecular weight excluding hydrogens is 447 g/mol. The summed E-state index contributed by atoms with van der Waals surface area (Å²) in [5.41, 5.74) is 0.234. The third-order valence-electron chi connectivity index (χ3n) is 3.82. The number of ether oxygens (including phenoxy) is 1. The van der Waals surface area contributed by atoms with Crippen molar-refractivity contribution in [3.05, 3.63) is 65.4 Å². The van der Waals surface area contributed by atoms with Crippen molar-refractivity contribution in [2.45, 2.75) is 11.3 Å². The van der Waals surface area contributed by atoms with Crippen molar-refractivity contribution in [1.82, 2.24) is 14.3 Å². The Hall–Kier alpha value is -3.05. The van der Waals surface area contributed by atoms with Crippen LogP contribution in [-0.4, -0.2) is 30.2 Å². The summed E-state index contributed by atoms with van der Waals surface area (Å²) in [5.74, 6) is -1.81. The maximum absolute atomic E-state index is 12.6. The van der Waals surface area contributed by atoms with Crippen LogP contribution in [0.15, 0.2) is 59.6 Å². The standard InChI is InChI=1S/C18H13ClF3N3O4S/c1-25-10-13(23-16(25)11-6-2-3-7-12(11)19)17(26)24-30(27,28)15-9-5-4-8-14(15)29-18(20,21)22/h2-10H,1H3,(H,24,26). The van der Waals surface area contributed by atoms with Gasteiger partial charge in [-0.1, -0.05) is 35.9 Å². The number of aromatic nitrogens is 2. The van der Waals surface area contributed by atoms with E-state index in [9.17, 15) is 26.4 Å². The topological polar surface area (TPSA) is 90.3 Å². The summed E-state index contributed by atoms with van der Waals surface area (Å²) in [7, 11) is -3.11. The molecule has 0 aliphatic rings. The fourth-order valence-corrected chi connectivity index (χ4v) is 3.89. The first-order valence-electron chi connectivity index (χ1n) is 8.18. The Bertz CT molecular complexity index is 1210. The average molecular weight is 460 g/mol. The van der Waals surface area contributed by atoms with Gasteiger partial charge in [0.25, 0.3) is 15.9 Å². The zero-order chi connectivity index (χ0) is 22.1. The zero-order valence-corrected chi connectivity index (χ0v) is 16.7. The Balaban J connectivity index is 1.90. The number of amides is 1. The molecule has 1 N–H and O–H groups in total. The van der Waals surface area contributed by atoms with Gasteiger partial charge >= 0.3 is 6.36 Å². The number of nitrogens with zero attached hydrogens (tertiary/aromatic N) is 2. The average Bonchev–Trinajstić information content (AvgIpc) is 3.02. The molecule has 0 radical (unpaired) electrons. The van der Waals surface area contributed by atoms with Gasteiger partial charge in [0.05, 0.1) is 5.02 Å². The molecule has 1 aromatic heterocycles. The van der Waals surface area contributed by atoms with Crippen molar-refractivity contribution in [1.29, 1.82) is 0 Å². The molecule has 30 heavy (non-hydrogen) atoms. The highest BCUT2D eigenvalue weighted by Crippen LogP contribution is 2.30. The molecule has 0 bridgehead atoms. The minimum absolute atomic E-state index is 0.273. The van der Waals surface area contributed by atoms with Crippen molar-refractivity contribution in [2.24, 2.45) is 7.05 Å². The number of rotatable bonds is 5. The largest absolute Gasteiger partial charge is 0.573 e. The van der Waals surface area contributed by atoms with E-state index in [1.807, 2.05) is 0 Å². The lowest BCUT2D eigenvalue weighted by atomic mass is 10.2. The van der Waals surface area contributed by atoms with Gasteiger partial charge in [-0.3, -0.25) is 4.79 Å². The number of carbonyl (C=O) groups is 1. The van der Waals surface area contributed by atoms with E-state index in [-0.39, 0.29) is 5.69 Å². The maximum Gasteiger partial charge on any atom is 0.573 e. The number of benzene rings is 2. The number of alkyl halides is 3. The van der Waals surface area contributed by atoms with Crippen LogP contribution in [0.3, 0.4) is 0 Å². The molecule has 0 atom stereocenters. The molecule has 0 saturated heterocycles. The van der Waals surface area contributed by atoms with E-state index in [0.29, 0.717) is 16.4 Å². The second kappa shape index (κ2) is 8.00. The summed E-state index contributed by atoms with van der Waals surface area (Å²) >= 11 is 6.12. The van der Waals surface area contributed by atoms with Gasteiger partial charge in [-0.05, 0) is 24.3 Å². The van der Waals surface area contributed by atoms with E-state index in [1.165, 1.54) is 16.8 Å². The van der Waals surface area contributed by atoms with Crippen LogP contribution >= 0.6 is 11.6 Å². The van der Waals surface area contributed by atoms with Gasteiger partial charge in [0.1, 0.15) is 22.2 Å². The molecule has 1 heterocycles. The van der Waals surface area contributed by atoms with Crippen LogP contribution in [0.4, 0.5) is 13.2 Å². The number of para-hydroxylation sites is 1. The number of halogens is 4. The first-order chi connectivity index (χ1) is 14.0. The number of sulfonamides is 1. The number of carbonyl (C=O) groups excluding carboxylic acids is 1. The number of hydrogen-bond acceptors (Lipinski definition) is 5. The fourth-order valence-electron chi connectivity index (χ4n) is 2.58. The third kappa shape index (κ3) is 4.74. The first-order valence-corrected chi connectivity index (χ1v) is 10.0. The lowest BCUT2D eigenvalue weighted by Gasteiger charge is -2.13. The maximum atomic E-state index is 12.6. The third-order valence-corrected chi connectivity index (χ3v) is 5.52. The molecule has 0 spiro atoms. The summed E-state index contributed by atoms with van der Waals surface area (Å²) in [5, 5.41) is 0.365. The minimum Gasteiger partial charge on any atom is -0.404 e. The quantitative estimate of drug-likeness (QED) is 0.627. The number of imidazole rings is 1. The lowest BCUT2D eigenvalue weighted by molar-refractivity contribution is -0.275. The van der Waals surface area contributed by atoms with Gasteiger partial charge in [0.15, 0.2) is 0 Å². The van der Waals surface area contributed by atoms with Gasteiger partial charge in [0.2, 0.25) is 0 Å². The summed E-state index contributed by atoms with van der Waals surface area (Å²) < 4.78 is 69.6. The highest BCUT2D eigenvalue weighted by molar-refractivity contribution is 7.90. The zero-order valence-electron chi connectivity index (χ0n) is 15.1. The number of aryl methyl sites for hydroxylation is 1. The van der Waals surface area contributed by atoms with Crippen LogP contribution in [0, 0.1) is 0 Å². The smallest absolute Gasteiger partial charge is 0.404 e. The Morgan fingerprint density at radius 3 is 2.43 bits per heavy atom. The van der Waals surface area contributed by atoms with E-state index in [0.717, 1.165) is 18.2 Å². The van der Waals surface area contributed by atoms with E-state index >= 15 is 0 Å². The molecule has 158 valence electrons. The molecule has 7 nitrogen and oxygen atoms in total. The highest BCUT2D eigenvalue weighted by atomic mass is 35.5. The van der Waals surface area contributed by atoms with Gasteiger partial charge in [0, 0.05) is 18.8 Å². The molecule has 12 heteroatoms. The summed E-state index contributed by atoms with van der Waals surface area (Å²) in [6.45, 7) is 0. The Morgan fingerprint density at radius 1 is 1.13 bits per heavy atom. The molecule has 3 aromatic rings.